The van der Waals surface area contributed by atoms with Crippen molar-refractivity contribution in [1.29, 1.82) is 0 Å². The van der Waals surface area contributed by atoms with Crippen molar-refractivity contribution in [2.75, 3.05) is 13.7 Å². The quantitative estimate of drug-likeness (QED) is 0.163. The van der Waals surface area contributed by atoms with Crippen LogP contribution in [-0.4, -0.2) is 34.3 Å². The van der Waals surface area contributed by atoms with Crippen molar-refractivity contribution in [3.8, 4) is 34.5 Å². The van der Waals surface area contributed by atoms with Crippen LogP contribution in [0.25, 0.3) is 16.8 Å². The van der Waals surface area contributed by atoms with Crippen molar-refractivity contribution >= 4 is 11.6 Å². The molecule has 0 amide bonds. The first-order valence-electron chi connectivity index (χ1n) is 13.6. The number of fused-ring (bicyclic) bond motifs is 1. The summed E-state index contributed by atoms with van der Waals surface area (Å²) in [7, 11) is 1.68. The van der Waals surface area contributed by atoms with Gasteiger partial charge in [0.05, 0.1) is 26.1 Å². The van der Waals surface area contributed by atoms with Gasteiger partial charge in [0.1, 0.15) is 18.1 Å². The summed E-state index contributed by atoms with van der Waals surface area (Å²) in [5, 5.41) is 4.77. The monoisotopic (exact) mass is 539 g/mol. The lowest BCUT2D eigenvalue weighted by Crippen LogP contribution is -2.09. The van der Waals surface area contributed by atoms with Crippen LogP contribution >= 0.6 is 0 Å². The predicted octanol–water partition coefficient (Wildman–Crippen LogP) is 6.78. The molecule has 0 N–H and O–H groups in total. The Morgan fingerprint density at radius 1 is 1.05 bits per heavy atom. The van der Waals surface area contributed by atoms with Crippen molar-refractivity contribution in [3.63, 3.8) is 0 Å². The zero-order chi connectivity index (χ0) is 28.8. The van der Waals surface area contributed by atoms with Crippen LogP contribution in [0.15, 0.2) is 48.7 Å². The first kappa shape index (κ1) is 28.7. The van der Waals surface area contributed by atoms with Crippen LogP contribution in [0, 0.1) is 25.7 Å². The molecule has 7 heteroatoms. The number of nitrogens with zero attached hydrogens (tertiary/aromatic N) is 3. The standard InChI is InChI=1S/C33H37N3O4/c1-8-10-26(18-30(37)39-9-2)25-11-13-27(14-12-25)40-20-24-17-29(31-22(5)15-28(38-7)16-23(31)6)33-34-32(21(3)4)35-36(33)19-24/h11-17,19,21,26H,9,18,20H2,1-7H3/t26-/m0/s1. The largest absolute Gasteiger partial charge is 0.497 e. The molecule has 4 rings (SSSR count). The highest BCUT2D eigenvalue weighted by molar-refractivity contribution is 5.82. The number of hydrogen-bond donors (Lipinski definition) is 0. The number of carbonyl (C=O) groups is 1. The number of hydrogen-bond acceptors (Lipinski definition) is 6. The summed E-state index contributed by atoms with van der Waals surface area (Å²) < 4.78 is 18.6. The highest BCUT2D eigenvalue weighted by Crippen LogP contribution is 2.34. The number of carbonyl (C=O) groups excluding carboxylic acids is 1. The number of ether oxygens (including phenoxy) is 3. The van der Waals surface area contributed by atoms with Gasteiger partial charge < -0.3 is 14.2 Å². The molecule has 0 saturated carbocycles. The summed E-state index contributed by atoms with van der Waals surface area (Å²) in [5.74, 6) is 8.12. The number of rotatable bonds is 10. The number of aryl methyl sites for hydroxylation is 2. The third-order valence-corrected chi connectivity index (χ3v) is 6.72. The molecule has 0 spiro atoms. The first-order valence-corrected chi connectivity index (χ1v) is 13.6. The molecule has 0 aliphatic heterocycles. The molecule has 2 heterocycles. The second-order valence-electron chi connectivity index (χ2n) is 10.1. The van der Waals surface area contributed by atoms with Crippen molar-refractivity contribution in [2.24, 2.45) is 0 Å². The molecular formula is C33H37N3O4. The van der Waals surface area contributed by atoms with E-state index in [0.717, 1.165) is 56.4 Å². The van der Waals surface area contributed by atoms with Gasteiger partial charge in [-0.25, -0.2) is 9.50 Å². The van der Waals surface area contributed by atoms with E-state index in [2.05, 4.69) is 45.6 Å². The molecule has 0 saturated heterocycles. The zero-order valence-corrected chi connectivity index (χ0v) is 24.4. The lowest BCUT2D eigenvalue weighted by Gasteiger charge is -2.15. The Bertz CT molecular complexity index is 1540. The second-order valence-corrected chi connectivity index (χ2v) is 10.1. The summed E-state index contributed by atoms with van der Waals surface area (Å²) in [6.45, 7) is 12.6. The van der Waals surface area contributed by atoms with E-state index >= 15 is 0 Å². The number of esters is 1. The molecule has 0 radical (unpaired) electrons. The zero-order valence-electron chi connectivity index (χ0n) is 24.4. The van der Waals surface area contributed by atoms with E-state index in [9.17, 15) is 4.79 Å². The van der Waals surface area contributed by atoms with Gasteiger partial charge in [-0.05, 0) is 80.3 Å². The number of methoxy groups -OCH3 is 1. The molecule has 208 valence electrons. The Morgan fingerprint density at radius 3 is 2.35 bits per heavy atom. The topological polar surface area (TPSA) is 75.0 Å². The highest BCUT2D eigenvalue weighted by atomic mass is 16.5. The molecule has 40 heavy (non-hydrogen) atoms. The van der Waals surface area contributed by atoms with Crippen LogP contribution in [0.2, 0.25) is 0 Å². The van der Waals surface area contributed by atoms with Crippen LogP contribution in [0.1, 0.15) is 74.0 Å². The van der Waals surface area contributed by atoms with Gasteiger partial charge in [-0.3, -0.25) is 4.79 Å². The van der Waals surface area contributed by atoms with Gasteiger partial charge in [0.2, 0.25) is 0 Å². The molecule has 7 nitrogen and oxygen atoms in total. The van der Waals surface area contributed by atoms with Crippen LogP contribution in [-0.2, 0) is 16.1 Å². The molecule has 2 aromatic carbocycles. The van der Waals surface area contributed by atoms with E-state index in [-0.39, 0.29) is 24.2 Å². The fourth-order valence-electron chi connectivity index (χ4n) is 4.81. The Hall–Kier alpha value is -4.31. The van der Waals surface area contributed by atoms with E-state index in [1.165, 1.54) is 0 Å². The summed E-state index contributed by atoms with van der Waals surface area (Å²) in [5.41, 5.74) is 7.07. The third-order valence-electron chi connectivity index (χ3n) is 6.72. The fraction of sp³-hybridized carbons (Fsp3) is 0.364. The SMILES string of the molecule is CC#C[C@@H](CC(=O)OCC)c1ccc(OCc2cc(-c3c(C)cc(OC)cc3C)c3nc(C(C)C)nn3c2)cc1. The van der Waals surface area contributed by atoms with Gasteiger partial charge in [-0.2, -0.15) is 5.10 Å². The van der Waals surface area contributed by atoms with E-state index < -0.39 is 0 Å². The van der Waals surface area contributed by atoms with Crippen LogP contribution in [0.4, 0.5) is 0 Å². The lowest BCUT2D eigenvalue weighted by atomic mass is 9.95. The van der Waals surface area contributed by atoms with Gasteiger partial charge in [0.15, 0.2) is 11.5 Å². The Labute approximate surface area is 236 Å². The summed E-state index contributed by atoms with van der Waals surface area (Å²) in [6, 6.07) is 13.9. The van der Waals surface area contributed by atoms with Crippen molar-refractivity contribution in [1.82, 2.24) is 14.6 Å². The van der Waals surface area contributed by atoms with Crippen LogP contribution in [0.3, 0.4) is 0 Å². The minimum Gasteiger partial charge on any atom is -0.497 e. The number of pyridine rings is 1. The van der Waals surface area contributed by atoms with Crippen LogP contribution in [0.5, 0.6) is 11.5 Å². The molecule has 1 atom stereocenters. The molecule has 4 aromatic rings. The van der Waals surface area contributed by atoms with E-state index in [1.807, 2.05) is 47.1 Å². The van der Waals surface area contributed by atoms with E-state index in [4.69, 9.17) is 24.3 Å². The van der Waals surface area contributed by atoms with Crippen molar-refractivity contribution < 1.29 is 19.0 Å². The molecule has 0 unspecified atom stereocenters. The highest BCUT2D eigenvalue weighted by Gasteiger charge is 2.18. The van der Waals surface area contributed by atoms with Gasteiger partial charge in [-0.15, -0.1) is 5.92 Å². The average Bonchev–Trinajstić information content (AvgIpc) is 3.36. The Kier molecular flexibility index (Phi) is 9.11. The smallest absolute Gasteiger partial charge is 0.307 e. The second kappa shape index (κ2) is 12.7. The van der Waals surface area contributed by atoms with Gasteiger partial charge in [0, 0.05) is 23.2 Å². The Morgan fingerprint density at radius 2 is 1.75 bits per heavy atom. The third kappa shape index (κ3) is 6.45. The average molecular weight is 540 g/mol. The summed E-state index contributed by atoms with van der Waals surface area (Å²) in [4.78, 5) is 16.9. The molecule has 0 aliphatic carbocycles. The van der Waals surface area contributed by atoms with Gasteiger partial charge in [-0.1, -0.05) is 31.9 Å². The Balaban J connectivity index is 1.63. The molecule has 0 bridgehead atoms. The van der Waals surface area contributed by atoms with Crippen LogP contribution < -0.4 is 9.47 Å². The maximum absolute atomic E-state index is 12.0. The van der Waals surface area contributed by atoms with Crippen molar-refractivity contribution in [3.05, 3.63) is 76.7 Å². The van der Waals surface area contributed by atoms with Crippen molar-refractivity contribution in [2.45, 2.75) is 66.4 Å². The minimum absolute atomic E-state index is 0.203. The summed E-state index contributed by atoms with van der Waals surface area (Å²) in [6.07, 6.45) is 2.20. The minimum atomic E-state index is -0.252. The maximum atomic E-state index is 12.0. The normalized spacial score (nSPS) is 11.7. The number of benzene rings is 2. The molecular weight excluding hydrogens is 502 g/mol. The van der Waals surface area contributed by atoms with Gasteiger partial charge >= 0.3 is 5.97 Å². The molecule has 0 aliphatic rings. The first-order chi connectivity index (χ1) is 19.2. The fourth-order valence-corrected chi connectivity index (χ4v) is 4.81. The predicted molar refractivity (Wildman–Crippen MR) is 157 cm³/mol. The van der Waals surface area contributed by atoms with E-state index in [1.54, 1.807) is 21.0 Å². The molecule has 0 fully saturated rings. The summed E-state index contributed by atoms with van der Waals surface area (Å²) >= 11 is 0. The lowest BCUT2D eigenvalue weighted by molar-refractivity contribution is -0.143. The van der Waals surface area contributed by atoms with E-state index in [0.29, 0.717) is 13.2 Å². The maximum Gasteiger partial charge on any atom is 0.307 e. The number of aromatic nitrogens is 3. The molecule has 2 aromatic heterocycles. The van der Waals surface area contributed by atoms with Gasteiger partial charge in [0.25, 0.3) is 0 Å².